The highest BCUT2D eigenvalue weighted by Crippen LogP contribution is 2.37. The molecule has 0 spiro atoms. The number of likely N-dealkylation sites (tertiary alicyclic amines) is 1. The molecule has 0 saturated carbocycles. The molecule has 6 nitrogen and oxygen atoms in total. The third kappa shape index (κ3) is 3.94. The van der Waals surface area contributed by atoms with Gasteiger partial charge in [-0.05, 0) is 53.8 Å². The summed E-state index contributed by atoms with van der Waals surface area (Å²) >= 11 is 1.42. The number of thioether (sulfide) groups is 1. The average molecular weight is 394 g/mol. The standard InChI is InChI=1S/C21H23N5OS/c1-16-10-6-7-13-18(16)26-21(22-23-24-26)28-19(17-11-4-2-5-12-17)20(27)25-14-8-3-9-15-25/h2,4-7,10-13,19H,3,8-9,14-15H2,1H3. The molecule has 1 aliphatic heterocycles. The first-order valence-corrected chi connectivity index (χ1v) is 10.5. The molecule has 7 heteroatoms. The number of rotatable bonds is 5. The van der Waals surface area contributed by atoms with Gasteiger partial charge >= 0.3 is 0 Å². The van der Waals surface area contributed by atoms with E-state index >= 15 is 0 Å². The molecule has 1 aliphatic rings. The minimum absolute atomic E-state index is 0.134. The van der Waals surface area contributed by atoms with Crippen molar-refractivity contribution in [1.29, 1.82) is 0 Å². The molecule has 0 radical (unpaired) electrons. The van der Waals surface area contributed by atoms with E-state index in [0.717, 1.165) is 42.7 Å². The van der Waals surface area contributed by atoms with Gasteiger partial charge in [-0.15, -0.1) is 5.10 Å². The van der Waals surface area contributed by atoms with Crippen molar-refractivity contribution in [2.24, 2.45) is 0 Å². The van der Waals surface area contributed by atoms with Crippen LogP contribution in [0.4, 0.5) is 0 Å². The molecule has 1 amide bonds. The summed E-state index contributed by atoms with van der Waals surface area (Å²) in [6.45, 7) is 3.68. The lowest BCUT2D eigenvalue weighted by Gasteiger charge is -2.30. The number of carbonyl (C=O) groups is 1. The number of aryl methyl sites for hydroxylation is 1. The van der Waals surface area contributed by atoms with Crippen molar-refractivity contribution in [2.45, 2.75) is 36.6 Å². The zero-order chi connectivity index (χ0) is 19.3. The number of amides is 1. The van der Waals surface area contributed by atoms with Crippen molar-refractivity contribution in [3.63, 3.8) is 0 Å². The first-order chi connectivity index (χ1) is 13.7. The quantitative estimate of drug-likeness (QED) is 0.617. The Morgan fingerprint density at radius 2 is 1.71 bits per heavy atom. The zero-order valence-corrected chi connectivity index (χ0v) is 16.7. The van der Waals surface area contributed by atoms with E-state index in [1.807, 2.05) is 66.4 Å². The van der Waals surface area contributed by atoms with E-state index in [2.05, 4.69) is 15.5 Å². The number of aromatic nitrogens is 4. The van der Waals surface area contributed by atoms with Gasteiger partial charge in [-0.25, -0.2) is 0 Å². The van der Waals surface area contributed by atoms with E-state index in [9.17, 15) is 4.79 Å². The first kappa shape index (κ1) is 18.7. The number of nitrogens with zero attached hydrogens (tertiary/aromatic N) is 5. The highest BCUT2D eigenvalue weighted by atomic mass is 32.2. The Balaban J connectivity index is 1.67. The van der Waals surface area contributed by atoms with Crippen LogP contribution >= 0.6 is 11.8 Å². The second kappa shape index (κ2) is 8.56. The fraction of sp³-hybridized carbons (Fsp3) is 0.333. The minimum atomic E-state index is -0.368. The van der Waals surface area contributed by atoms with Crippen LogP contribution in [0.1, 0.15) is 35.6 Å². The maximum Gasteiger partial charge on any atom is 0.240 e. The van der Waals surface area contributed by atoms with Gasteiger partial charge < -0.3 is 4.90 Å². The van der Waals surface area contributed by atoms with E-state index < -0.39 is 0 Å². The number of hydrogen-bond acceptors (Lipinski definition) is 5. The summed E-state index contributed by atoms with van der Waals surface area (Å²) in [5, 5.41) is 12.5. The smallest absolute Gasteiger partial charge is 0.240 e. The van der Waals surface area contributed by atoms with E-state index in [4.69, 9.17) is 0 Å². The Morgan fingerprint density at radius 1 is 1.00 bits per heavy atom. The molecule has 2 heterocycles. The molecule has 0 aliphatic carbocycles. The molecular formula is C21H23N5OS. The number of hydrogen-bond donors (Lipinski definition) is 0. The molecule has 3 aromatic rings. The largest absolute Gasteiger partial charge is 0.341 e. The van der Waals surface area contributed by atoms with Crippen LogP contribution in [0.25, 0.3) is 5.69 Å². The van der Waals surface area contributed by atoms with Crippen LogP contribution in [0.3, 0.4) is 0 Å². The van der Waals surface area contributed by atoms with Crippen molar-refractivity contribution in [3.8, 4) is 5.69 Å². The Bertz CT molecular complexity index is 937. The Hall–Kier alpha value is -2.67. The maximum atomic E-state index is 13.4. The molecular weight excluding hydrogens is 370 g/mol. The van der Waals surface area contributed by atoms with Gasteiger partial charge in [0.15, 0.2) is 0 Å². The third-order valence-corrected chi connectivity index (χ3v) is 6.18. The second-order valence-corrected chi connectivity index (χ2v) is 8.03. The summed E-state index contributed by atoms with van der Waals surface area (Å²) in [6, 6.07) is 17.9. The summed E-state index contributed by atoms with van der Waals surface area (Å²) < 4.78 is 1.72. The number of tetrazole rings is 1. The lowest BCUT2D eigenvalue weighted by molar-refractivity contribution is -0.131. The molecule has 0 N–H and O–H groups in total. The minimum Gasteiger partial charge on any atom is -0.341 e. The predicted molar refractivity (Wildman–Crippen MR) is 109 cm³/mol. The van der Waals surface area contributed by atoms with Crippen molar-refractivity contribution >= 4 is 17.7 Å². The highest BCUT2D eigenvalue weighted by Gasteiger charge is 2.30. The maximum absolute atomic E-state index is 13.4. The van der Waals surface area contributed by atoms with Crippen LogP contribution in [0.2, 0.25) is 0 Å². The summed E-state index contributed by atoms with van der Waals surface area (Å²) in [4.78, 5) is 15.3. The molecule has 1 saturated heterocycles. The molecule has 144 valence electrons. The van der Waals surface area contributed by atoms with Gasteiger partial charge in [-0.3, -0.25) is 4.79 Å². The third-order valence-electron chi connectivity index (χ3n) is 5.00. The van der Waals surface area contributed by atoms with Crippen molar-refractivity contribution in [1.82, 2.24) is 25.1 Å². The van der Waals surface area contributed by atoms with Gasteiger partial charge in [0, 0.05) is 13.1 Å². The van der Waals surface area contributed by atoms with Crippen LogP contribution in [0.5, 0.6) is 0 Å². The summed E-state index contributed by atoms with van der Waals surface area (Å²) in [6.07, 6.45) is 3.33. The predicted octanol–water partition coefficient (Wildman–Crippen LogP) is 3.82. The van der Waals surface area contributed by atoms with Crippen LogP contribution in [0, 0.1) is 6.92 Å². The van der Waals surface area contributed by atoms with E-state index in [1.54, 1.807) is 4.68 Å². The van der Waals surface area contributed by atoms with Gasteiger partial charge in [-0.1, -0.05) is 60.3 Å². The monoisotopic (exact) mass is 393 g/mol. The van der Waals surface area contributed by atoms with Crippen LogP contribution in [-0.2, 0) is 4.79 Å². The summed E-state index contributed by atoms with van der Waals surface area (Å²) in [5.74, 6) is 0.134. The van der Waals surface area contributed by atoms with Gasteiger partial charge in [0.05, 0.1) is 5.69 Å². The Morgan fingerprint density at radius 3 is 2.46 bits per heavy atom. The van der Waals surface area contributed by atoms with Crippen LogP contribution in [-0.4, -0.2) is 44.1 Å². The van der Waals surface area contributed by atoms with Crippen molar-refractivity contribution in [3.05, 3.63) is 65.7 Å². The van der Waals surface area contributed by atoms with Gasteiger partial charge in [-0.2, -0.15) is 4.68 Å². The molecule has 0 bridgehead atoms. The molecule has 1 unspecified atom stereocenters. The number of benzene rings is 2. The van der Waals surface area contributed by atoms with E-state index in [1.165, 1.54) is 18.2 Å². The highest BCUT2D eigenvalue weighted by molar-refractivity contribution is 8.00. The van der Waals surface area contributed by atoms with Gasteiger partial charge in [0.1, 0.15) is 5.25 Å². The number of carbonyl (C=O) groups excluding carboxylic acids is 1. The van der Waals surface area contributed by atoms with Crippen molar-refractivity contribution in [2.75, 3.05) is 13.1 Å². The topological polar surface area (TPSA) is 63.9 Å². The summed E-state index contributed by atoms with van der Waals surface area (Å²) in [7, 11) is 0. The summed E-state index contributed by atoms with van der Waals surface area (Å²) in [5.41, 5.74) is 2.98. The molecule has 28 heavy (non-hydrogen) atoms. The molecule has 1 aromatic heterocycles. The molecule has 1 atom stereocenters. The van der Waals surface area contributed by atoms with Crippen LogP contribution < -0.4 is 0 Å². The number of para-hydroxylation sites is 1. The first-order valence-electron chi connectivity index (χ1n) is 9.59. The lowest BCUT2D eigenvalue weighted by atomic mass is 10.1. The normalized spacial score (nSPS) is 15.4. The van der Waals surface area contributed by atoms with Crippen molar-refractivity contribution < 1.29 is 4.79 Å². The Labute approximate surface area is 168 Å². The zero-order valence-electron chi connectivity index (χ0n) is 15.9. The van der Waals surface area contributed by atoms with Crippen LogP contribution in [0.15, 0.2) is 59.8 Å². The van der Waals surface area contributed by atoms with E-state index in [-0.39, 0.29) is 11.2 Å². The van der Waals surface area contributed by atoms with Gasteiger partial charge in [0.25, 0.3) is 0 Å². The lowest BCUT2D eigenvalue weighted by Crippen LogP contribution is -2.38. The average Bonchev–Trinajstić information content (AvgIpc) is 3.21. The molecule has 2 aromatic carbocycles. The SMILES string of the molecule is Cc1ccccc1-n1nnnc1SC(C(=O)N1CCCCC1)c1ccccc1. The second-order valence-electron chi connectivity index (χ2n) is 6.95. The molecule has 4 rings (SSSR count). The molecule has 1 fully saturated rings. The Kier molecular flexibility index (Phi) is 5.71. The fourth-order valence-corrected chi connectivity index (χ4v) is 4.55. The number of piperidine rings is 1. The van der Waals surface area contributed by atoms with Gasteiger partial charge in [0.2, 0.25) is 11.1 Å². The fourth-order valence-electron chi connectivity index (χ4n) is 3.48. The van der Waals surface area contributed by atoms with E-state index in [0.29, 0.717) is 5.16 Å².